The van der Waals surface area contributed by atoms with Gasteiger partial charge in [0.05, 0.1) is 11.3 Å². The summed E-state index contributed by atoms with van der Waals surface area (Å²) in [5.74, 6) is 1.43. The molecule has 140 valence electrons. The van der Waals surface area contributed by atoms with Crippen molar-refractivity contribution in [1.82, 2.24) is 9.97 Å². The van der Waals surface area contributed by atoms with Gasteiger partial charge in [-0.2, -0.15) is 18.2 Å². The predicted molar refractivity (Wildman–Crippen MR) is 97.1 cm³/mol. The highest BCUT2D eigenvalue weighted by Gasteiger charge is 2.34. The molecule has 1 aliphatic rings. The smallest absolute Gasteiger partial charge is 0.356 e. The molecular weight excluding hydrogens is 365 g/mol. The molecule has 1 aromatic heterocycles. The van der Waals surface area contributed by atoms with Crippen LogP contribution in [0.3, 0.4) is 0 Å². The van der Waals surface area contributed by atoms with Crippen LogP contribution in [0.1, 0.15) is 31.0 Å². The molecular formula is C18H20ClF3N4. The van der Waals surface area contributed by atoms with E-state index in [2.05, 4.69) is 27.1 Å². The number of nitrogens with zero attached hydrogens (tertiary/aromatic N) is 3. The van der Waals surface area contributed by atoms with Gasteiger partial charge in [-0.25, -0.2) is 4.98 Å². The normalized spacial score (nSPS) is 18.1. The van der Waals surface area contributed by atoms with Gasteiger partial charge in [0.2, 0.25) is 5.95 Å². The molecule has 4 nitrogen and oxygen atoms in total. The Hall–Kier alpha value is -2.02. The second kappa shape index (κ2) is 7.31. The van der Waals surface area contributed by atoms with Crippen molar-refractivity contribution in [1.29, 1.82) is 0 Å². The van der Waals surface area contributed by atoms with Crippen LogP contribution in [0.2, 0.25) is 5.02 Å². The molecule has 1 N–H and O–H groups in total. The summed E-state index contributed by atoms with van der Waals surface area (Å²) in [7, 11) is 0. The van der Waals surface area contributed by atoms with Crippen LogP contribution < -0.4 is 10.2 Å². The summed E-state index contributed by atoms with van der Waals surface area (Å²) in [6.07, 6.45) is -2.28. The van der Waals surface area contributed by atoms with Gasteiger partial charge < -0.3 is 10.2 Å². The van der Waals surface area contributed by atoms with Crippen molar-refractivity contribution < 1.29 is 13.2 Å². The molecule has 26 heavy (non-hydrogen) atoms. The van der Waals surface area contributed by atoms with Gasteiger partial charge in [0.1, 0.15) is 5.82 Å². The number of nitrogens with one attached hydrogen (secondary N) is 1. The first-order valence-electron chi connectivity index (χ1n) is 8.47. The van der Waals surface area contributed by atoms with Crippen molar-refractivity contribution in [3.8, 4) is 0 Å². The number of aryl methyl sites for hydroxylation is 1. The van der Waals surface area contributed by atoms with E-state index in [0.29, 0.717) is 11.6 Å². The number of hydrogen-bond donors (Lipinski definition) is 1. The first kappa shape index (κ1) is 18.8. The molecule has 1 saturated heterocycles. The molecule has 3 rings (SSSR count). The molecule has 8 heteroatoms. The van der Waals surface area contributed by atoms with E-state index in [4.69, 9.17) is 11.6 Å². The van der Waals surface area contributed by atoms with Crippen molar-refractivity contribution in [3.05, 3.63) is 40.5 Å². The molecule has 1 fully saturated rings. The number of aromatic nitrogens is 2. The fourth-order valence-corrected chi connectivity index (χ4v) is 3.32. The molecule has 1 unspecified atom stereocenters. The average molecular weight is 385 g/mol. The van der Waals surface area contributed by atoms with Crippen molar-refractivity contribution in [2.24, 2.45) is 5.92 Å². The van der Waals surface area contributed by atoms with Gasteiger partial charge in [0.25, 0.3) is 0 Å². The molecule has 1 aliphatic heterocycles. The van der Waals surface area contributed by atoms with Gasteiger partial charge >= 0.3 is 6.18 Å². The minimum absolute atomic E-state index is 0.0241. The van der Waals surface area contributed by atoms with Gasteiger partial charge in [-0.05, 0) is 43.9 Å². The molecule has 0 aliphatic carbocycles. The van der Waals surface area contributed by atoms with E-state index < -0.39 is 11.7 Å². The highest BCUT2D eigenvalue weighted by atomic mass is 35.5. The van der Waals surface area contributed by atoms with Gasteiger partial charge in [-0.15, -0.1) is 0 Å². The molecule has 0 amide bonds. The minimum Gasteiger partial charge on any atom is -0.356 e. The predicted octanol–water partition coefficient (Wildman–Crippen LogP) is 5.44. The summed E-state index contributed by atoms with van der Waals surface area (Å²) in [5.41, 5.74) is -0.271. The highest BCUT2D eigenvalue weighted by Crippen LogP contribution is 2.37. The van der Waals surface area contributed by atoms with Crippen LogP contribution in [0.4, 0.5) is 30.6 Å². The number of hydrogen-bond acceptors (Lipinski definition) is 4. The molecule has 1 aromatic carbocycles. The third kappa shape index (κ3) is 4.38. The van der Waals surface area contributed by atoms with Crippen LogP contribution in [0.5, 0.6) is 0 Å². The average Bonchev–Trinajstić information content (AvgIpc) is 2.55. The molecule has 0 spiro atoms. The summed E-state index contributed by atoms with van der Waals surface area (Å²) in [6, 6.07) is 5.45. The number of anilines is 3. The lowest BCUT2D eigenvalue weighted by molar-refractivity contribution is -0.136. The van der Waals surface area contributed by atoms with Crippen molar-refractivity contribution in [3.63, 3.8) is 0 Å². The van der Waals surface area contributed by atoms with Gasteiger partial charge in [0.15, 0.2) is 0 Å². The van der Waals surface area contributed by atoms with Crippen LogP contribution in [-0.2, 0) is 6.18 Å². The lowest BCUT2D eigenvalue weighted by atomic mass is 10.0. The maximum Gasteiger partial charge on any atom is 0.418 e. The molecule has 2 aromatic rings. The third-order valence-corrected chi connectivity index (χ3v) is 4.59. The number of piperidine rings is 1. The second-order valence-electron chi connectivity index (χ2n) is 6.70. The van der Waals surface area contributed by atoms with E-state index in [9.17, 15) is 13.2 Å². The minimum atomic E-state index is -4.53. The van der Waals surface area contributed by atoms with Crippen LogP contribution in [0, 0.1) is 12.8 Å². The lowest BCUT2D eigenvalue weighted by Crippen LogP contribution is -2.35. The highest BCUT2D eigenvalue weighted by molar-refractivity contribution is 6.30. The van der Waals surface area contributed by atoms with Crippen LogP contribution in [0.25, 0.3) is 0 Å². The standard InChI is InChI=1S/C18H20ClF3N4/c1-11-4-3-7-26(10-11)16-8-12(2)23-17(25-16)24-15-6-5-13(19)9-14(15)18(20,21)22/h5-6,8-9,11H,3-4,7,10H2,1-2H3,(H,23,24,25). The molecule has 2 heterocycles. The van der Waals surface area contributed by atoms with E-state index >= 15 is 0 Å². The maximum atomic E-state index is 13.3. The van der Waals surface area contributed by atoms with E-state index in [0.717, 1.165) is 31.4 Å². The Bertz CT molecular complexity index is 794. The zero-order valence-electron chi connectivity index (χ0n) is 14.6. The van der Waals surface area contributed by atoms with Gasteiger partial charge in [0, 0.05) is 29.9 Å². The van der Waals surface area contributed by atoms with E-state index in [1.165, 1.54) is 18.6 Å². The topological polar surface area (TPSA) is 41.1 Å². The molecule has 1 atom stereocenters. The Morgan fingerprint density at radius 1 is 1.23 bits per heavy atom. The van der Waals surface area contributed by atoms with Crippen LogP contribution in [-0.4, -0.2) is 23.1 Å². The van der Waals surface area contributed by atoms with E-state index in [1.54, 1.807) is 6.92 Å². The third-order valence-electron chi connectivity index (χ3n) is 4.36. The summed E-state index contributed by atoms with van der Waals surface area (Å²) >= 11 is 5.73. The zero-order valence-corrected chi connectivity index (χ0v) is 15.3. The lowest BCUT2D eigenvalue weighted by Gasteiger charge is -2.32. The number of benzene rings is 1. The summed E-state index contributed by atoms with van der Waals surface area (Å²) in [4.78, 5) is 10.8. The maximum absolute atomic E-state index is 13.3. The van der Waals surface area contributed by atoms with Crippen LogP contribution >= 0.6 is 11.6 Å². The fourth-order valence-electron chi connectivity index (χ4n) is 3.15. The number of rotatable bonds is 3. The number of halogens is 4. The first-order valence-corrected chi connectivity index (χ1v) is 8.84. The summed E-state index contributed by atoms with van der Waals surface area (Å²) in [6.45, 7) is 5.75. The van der Waals surface area contributed by atoms with Crippen LogP contribution in [0.15, 0.2) is 24.3 Å². The van der Waals surface area contributed by atoms with Crippen molar-refractivity contribution in [2.45, 2.75) is 32.9 Å². The van der Waals surface area contributed by atoms with Crippen molar-refractivity contribution in [2.75, 3.05) is 23.3 Å². The van der Waals surface area contributed by atoms with Gasteiger partial charge in [-0.3, -0.25) is 0 Å². The second-order valence-corrected chi connectivity index (χ2v) is 7.13. The first-order chi connectivity index (χ1) is 12.2. The molecule has 0 saturated carbocycles. The Labute approximate surface area is 155 Å². The van der Waals surface area contributed by atoms with E-state index in [-0.39, 0.29) is 16.7 Å². The Morgan fingerprint density at radius 2 is 2.00 bits per heavy atom. The van der Waals surface area contributed by atoms with Gasteiger partial charge in [-0.1, -0.05) is 18.5 Å². The Morgan fingerprint density at radius 3 is 2.69 bits per heavy atom. The quantitative estimate of drug-likeness (QED) is 0.765. The SMILES string of the molecule is Cc1cc(N2CCCC(C)C2)nc(Nc2ccc(Cl)cc2C(F)(F)F)n1. The monoisotopic (exact) mass is 384 g/mol. The largest absolute Gasteiger partial charge is 0.418 e. The Kier molecular flexibility index (Phi) is 5.27. The Balaban J connectivity index is 1.91. The molecule has 0 bridgehead atoms. The fraction of sp³-hybridized carbons (Fsp3) is 0.444. The van der Waals surface area contributed by atoms with E-state index in [1.807, 2.05) is 6.07 Å². The van der Waals surface area contributed by atoms with Crippen molar-refractivity contribution >= 4 is 29.1 Å². The summed E-state index contributed by atoms with van der Waals surface area (Å²) < 4.78 is 39.8. The molecule has 0 radical (unpaired) electrons. The number of alkyl halides is 3. The zero-order chi connectivity index (χ0) is 18.9. The summed E-state index contributed by atoms with van der Waals surface area (Å²) in [5, 5.41) is 2.73.